The molecule has 0 aliphatic heterocycles. The van der Waals surface area contributed by atoms with Gasteiger partial charge in [-0.2, -0.15) is 0 Å². The van der Waals surface area contributed by atoms with Crippen LogP contribution in [0.5, 0.6) is 0 Å². The van der Waals surface area contributed by atoms with Gasteiger partial charge in [0.05, 0.1) is 0 Å². The van der Waals surface area contributed by atoms with E-state index in [0.717, 1.165) is 82.0 Å². The first-order valence-electron chi connectivity index (χ1n) is 18.0. The molecule has 2 aromatic rings. The highest BCUT2D eigenvalue weighted by atomic mass is 14.9. The van der Waals surface area contributed by atoms with Gasteiger partial charge in [-0.15, -0.1) is 6.58 Å². The van der Waals surface area contributed by atoms with Crippen molar-refractivity contribution in [2.24, 2.45) is 5.92 Å². The van der Waals surface area contributed by atoms with Crippen LogP contribution < -0.4 is 5.32 Å². The van der Waals surface area contributed by atoms with E-state index in [1.54, 1.807) is 0 Å². The molecule has 0 amide bonds. The fourth-order valence-electron chi connectivity index (χ4n) is 6.20. The zero-order chi connectivity index (χ0) is 34.6. The molecule has 1 unspecified atom stereocenters. The molecule has 2 rings (SSSR count). The molecule has 1 atom stereocenters. The first-order chi connectivity index (χ1) is 22.7. The molecule has 2 aromatic carbocycles. The number of hydrogen-bond donors (Lipinski definition) is 1. The third-order valence-electron chi connectivity index (χ3n) is 9.30. The van der Waals surface area contributed by atoms with Crippen molar-refractivity contribution in [3.8, 4) is 0 Å². The van der Waals surface area contributed by atoms with Crippen LogP contribution in [-0.2, 0) is 12.8 Å². The number of nitrogens with one attached hydrogen (secondary N) is 1. The Kier molecular flexibility index (Phi) is 18.3. The lowest BCUT2D eigenvalue weighted by Gasteiger charge is -2.21. The largest absolute Gasteiger partial charge is 0.385 e. The highest BCUT2D eigenvalue weighted by Gasteiger charge is 2.16. The van der Waals surface area contributed by atoms with E-state index < -0.39 is 0 Å². The second kappa shape index (κ2) is 21.9. The third-order valence-corrected chi connectivity index (χ3v) is 9.30. The van der Waals surface area contributed by atoms with Crippen molar-refractivity contribution >= 4 is 5.57 Å². The Bertz CT molecular complexity index is 1440. The van der Waals surface area contributed by atoms with Crippen LogP contribution in [0.3, 0.4) is 0 Å². The molecular formula is C46H63N. The molecule has 1 heteroatoms. The molecule has 0 heterocycles. The number of rotatable bonds is 22. The Hall–Kier alpha value is -3.84. The molecule has 0 aromatic heterocycles. The van der Waals surface area contributed by atoms with E-state index in [2.05, 4.69) is 140 Å². The van der Waals surface area contributed by atoms with E-state index in [1.807, 2.05) is 12.2 Å². The minimum absolute atomic E-state index is 0.449. The van der Waals surface area contributed by atoms with E-state index in [-0.39, 0.29) is 0 Å². The lowest BCUT2D eigenvalue weighted by molar-refractivity contribution is 0.663. The van der Waals surface area contributed by atoms with Gasteiger partial charge in [0.15, 0.2) is 0 Å². The van der Waals surface area contributed by atoms with Gasteiger partial charge in [0.25, 0.3) is 0 Å². The molecule has 0 saturated heterocycles. The highest BCUT2D eigenvalue weighted by molar-refractivity contribution is 5.76. The summed E-state index contributed by atoms with van der Waals surface area (Å²) >= 11 is 0. The summed E-state index contributed by atoms with van der Waals surface area (Å²) in [5, 5.41) is 3.47. The molecule has 0 fully saturated rings. The van der Waals surface area contributed by atoms with E-state index in [0.29, 0.717) is 5.92 Å². The van der Waals surface area contributed by atoms with E-state index in [9.17, 15) is 0 Å². The van der Waals surface area contributed by atoms with Crippen LogP contribution in [0.2, 0.25) is 0 Å². The van der Waals surface area contributed by atoms with Crippen molar-refractivity contribution < 1.29 is 0 Å². The number of aryl methyl sites for hydroxylation is 3. The number of hydrogen-bond acceptors (Lipinski definition) is 1. The van der Waals surface area contributed by atoms with Crippen molar-refractivity contribution in [3.63, 3.8) is 0 Å². The normalized spacial score (nSPS) is 13.5. The van der Waals surface area contributed by atoms with Crippen molar-refractivity contribution in [2.45, 2.75) is 106 Å². The van der Waals surface area contributed by atoms with Crippen LogP contribution in [0.15, 0.2) is 139 Å². The monoisotopic (exact) mass is 629 g/mol. The predicted octanol–water partition coefficient (Wildman–Crippen LogP) is 13.2. The molecule has 1 nitrogen and oxygen atoms in total. The molecule has 0 spiro atoms. The maximum Gasteiger partial charge on any atom is 0.0327 e. The van der Waals surface area contributed by atoms with Gasteiger partial charge in [-0.25, -0.2) is 0 Å². The second-order valence-corrected chi connectivity index (χ2v) is 12.8. The minimum atomic E-state index is 0.449. The molecule has 0 saturated carbocycles. The van der Waals surface area contributed by atoms with Crippen molar-refractivity contribution in [2.75, 3.05) is 6.54 Å². The smallest absolute Gasteiger partial charge is 0.0327 e. The van der Waals surface area contributed by atoms with Crippen LogP contribution in [-0.4, -0.2) is 6.54 Å². The zero-order valence-corrected chi connectivity index (χ0v) is 30.7. The van der Waals surface area contributed by atoms with Gasteiger partial charge in [0.1, 0.15) is 0 Å². The zero-order valence-electron chi connectivity index (χ0n) is 30.7. The van der Waals surface area contributed by atoms with Crippen molar-refractivity contribution in [3.05, 3.63) is 161 Å². The van der Waals surface area contributed by atoms with Gasteiger partial charge in [0.2, 0.25) is 0 Å². The summed E-state index contributed by atoms with van der Waals surface area (Å²) in [5.74, 6) is 0.449. The summed E-state index contributed by atoms with van der Waals surface area (Å²) < 4.78 is 0. The molecule has 47 heavy (non-hydrogen) atoms. The number of unbranched alkanes of at least 4 members (excludes halogenated alkanes) is 1. The maximum absolute atomic E-state index is 4.65. The van der Waals surface area contributed by atoms with E-state index in [4.69, 9.17) is 0 Å². The lowest BCUT2D eigenvalue weighted by Crippen LogP contribution is -2.12. The number of benzene rings is 2. The SMILES string of the molecule is C=CC/C(C=C)=C(/C=C(\C)C(=C)/C(CC)=C(/CC)c1cc(CCC/C=C\CNC(=C)CCCc2ccccc2)ccc1C)C(C)CC. The summed E-state index contributed by atoms with van der Waals surface area (Å²) in [6.07, 6.45) is 21.3. The third kappa shape index (κ3) is 13.1. The van der Waals surface area contributed by atoms with Crippen molar-refractivity contribution in [1.82, 2.24) is 5.32 Å². The van der Waals surface area contributed by atoms with Crippen LogP contribution >= 0.6 is 0 Å². The van der Waals surface area contributed by atoms with E-state index in [1.165, 1.54) is 50.1 Å². The Morgan fingerprint density at radius 2 is 1.62 bits per heavy atom. The van der Waals surface area contributed by atoms with Gasteiger partial charge >= 0.3 is 0 Å². The highest BCUT2D eigenvalue weighted by Crippen LogP contribution is 2.35. The topological polar surface area (TPSA) is 12.0 Å². The van der Waals surface area contributed by atoms with Gasteiger partial charge in [-0.05, 0) is 140 Å². The predicted molar refractivity (Wildman–Crippen MR) is 212 cm³/mol. The van der Waals surface area contributed by atoms with Crippen LogP contribution in [0.25, 0.3) is 5.57 Å². The van der Waals surface area contributed by atoms with Crippen molar-refractivity contribution in [1.29, 1.82) is 0 Å². The van der Waals surface area contributed by atoms with Gasteiger partial charge in [-0.1, -0.05) is 126 Å². The summed E-state index contributed by atoms with van der Waals surface area (Å²) in [5.41, 5.74) is 14.4. The van der Waals surface area contributed by atoms with Crippen LogP contribution in [0, 0.1) is 12.8 Å². The van der Waals surface area contributed by atoms with Crippen LogP contribution in [0.1, 0.15) is 108 Å². The molecule has 0 aliphatic carbocycles. The molecular weight excluding hydrogens is 567 g/mol. The van der Waals surface area contributed by atoms with E-state index >= 15 is 0 Å². The van der Waals surface area contributed by atoms with Gasteiger partial charge in [0, 0.05) is 12.2 Å². The summed E-state index contributed by atoms with van der Waals surface area (Å²) in [6, 6.07) is 17.7. The average Bonchev–Trinajstić information content (AvgIpc) is 3.08. The summed E-state index contributed by atoms with van der Waals surface area (Å²) in [4.78, 5) is 0. The standard InChI is InChI=1S/C46H63N/c1-11-24-42(13-3)45(35(6)12-2)33-37(8)39(10)43(14-4)44(15-5)46-34-41(31-30-36(46)7)28-19-16-17-22-32-47-38(9)25-23-29-40-26-20-18-21-27-40/h11,13,17-18,20-22,26-27,30-31,33-35,47H,1,3,9-10,12,14-16,19,23-25,28-29,32H2,2,4-8H3/b22-17-,37-33+,44-43-,45-42-. The average molecular weight is 630 g/mol. The lowest BCUT2D eigenvalue weighted by atomic mass is 9.84. The minimum Gasteiger partial charge on any atom is -0.385 e. The molecule has 0 aliphatic rings. The Morgan fingerprint density at radius 1 is 0.894 bits per heavy atom. The first-order valence-corrected chi connectivity index (χ1v) is 18.0. The second-order valence-electron chi connectivity index (χ2n) is 12.8. The number of allylic oxidation sites excluding steroid dienone is 11. The van der Waals surface area contributed by atoms with Crippen LogP contribution in [0.4, 0.5) is 0 Å². The molecule has 252 valence electrons. The molecule has 0 radical (unpaired) electrons. The maximum atomic E-state index is 4.65. The summed E-state index contributed by atoms with van der Waals surface area (Å²) in [7, 11) is 0. The fraction of sp³-hybridized carbons (Fsp3) is 0.391. The fourth-order valence-corrected chi connectivity index (χ4v) is 6.20. The molecule has 0 bridgehead atoms. The first kappa shape index (κ1) is 39.3. The summed E-state index contributed by atoms with van der Waals surface area (Å²) in [6.45, 7) is 31.4. The Labute approximate surface area is 289 Å². The van der Waals surface area contributed by atoms with Gasteiger partial charge in [-0.3, -0.25) is 0 Å². The Balaban J connectivity index is 2.06. The molecule has 1 N–H and O–H groups in total. The Morgan fingerprint density at radius 3 is 2.26 bits per heavy atom. The quantitative estimate of drug-likeness (QED) is 0.0776. The van der Waals surface area contributed by atoms with Gasteiger partial charge < -0.3 is 5.32 Å².